The minimum atomic E-state index is 0.162. The summed E-state index contributed by atoms with van der Waals surface area (Å²) in [6.07, 6.45) is 1.67. The van der Waals surface area contributed by atoms with Crippen molar-refractivity contribution >= 4 is 0 Å². The Morgan fingerprint density at radius 3 is 1.92 bits per heavy atom. The van der Waals surface area contributed by atoms with Gasteiger partial charge in [-0.15, -0.1) is 0 Å². The Kier molecular flexibility index (Phi) is 8.23. The van der Waals surface area contributed by atoms with Crippen molar-refractivity contribution in [3.8, 4) is 12.1 Å². The summed E-state index contributed by atoms with van der Waals surface area (Å²) in [5.74, 6) is 0. The van der Waals surface area contributed by atoms with Crippen molar-refractivity contribution < 1.29 is 5.11 Å². The van der Waals surface area contributed by atoms with E-state index in [2.05, 4.69) is 12.1 Å². The summed E-state index contributed by atoms with van der Waals surface area (Å²) < 4.78 is 0. The molecule has 0 rings (SSSR count). The second-order valence-electron chi connectivity index (χ2n) is 2.74. The summed E-state index contributed by atoms with van der Waals surface area (Å²) in [5.41, 5.74) is 0. The first kappa shape index (κ1) is 11.9. The third kappa shape index (κ3) is 7.27. The molecular weight excluding hydrogens is 166 g/mol. The van der Waals surface area contributed by atoms with E-state index in [0.717, 1.165) is 6.54 Å². The number of aliphatic hydroxyl groups is 1. The van der Waals surface area contributed by atoms with Gasteiger partial charge in [0.05, 0.1) is 12.1 Å². The molecule has 0 radical (unpaired) electrons. The van der Waals surface area contributed by atoms with Gasteiger partial charge in [0.2, 0.25) is 0 Å². The molecule has 0 unspecified atom stereocenters. The molecule has 0 atom stereocenters. The highest BCUT2D eigenvalue weighted by Gasteiger charge is 2.02. The van der Waals surface area contributed by atoms with Crippen LogP contribution in [0.15, 0.2) is 0 Å². The molecule has 0 amide bonds. The molecule has 1 N–H and O–H groups in total. The van der Waals surface area contributed by atoms with Crippen molar-refractivity contribution in [2.24, 2.45) is 0 Å². The van der Waals surface area contributed by atoms with E-state index in [1.54, 1.807) is 0 Å². The van der Waals surface area contributed by atoms with Gasteiger partial charge in [-0.25, -0.2) is 0 Å². The molecule has 0 aromatic carbocycles. The third-order valence-corrected chi connectivity index (χ3v) is 1.71. The highest BCUT2D eigenvalue weighted by Crippen LogP contribution is 1.95. The topological polar surface area (TPSA) is 71.0 Å². The van der Waals surface area contributed by atoms with Crippen LogP contribution in [0.2, 0.25) is 0 Å². The molecule has 4 nitrogen and oxygen atoms in total. The van der Waals surface area contributed by atoms with Gasteiger partial charge in [0.25, 0.3) is 0 Å². The Balaban J connectivity index is 3.62. The Hall–Kier alpha value is -1.10. The zero-order chi connectivity index (χ0) is 9.94. The van der Waals surface area contributed by atoms with Crippen LogP contribution in [0.25, 0.3) is 0 Å². The number of nitrogens with zero attached hydrogens (tertiary/aromatic N) is 3. The molecule has 0 aromatic rings. The lowest BCUT2D eigenvalue weighted by Crippen LogP contribution is -2.27. The van der Waals surface area contributed by atoms with Crippen LogP contribution in [0.4, 0.5) is 0 Å². The maximum atomic E-state index is 8.61. The van der Waals surface area contributed by atoms with Crippen molar-refractivity contribution in [3.05, 3.63) is 0 Å². The second-order valence-corrected chi connectivity index (χ2v) is 2.74. The third-order valence-electron chi connectivity index (χ3n) is 1.71. The van der Waals surface area contributed by atoms with Crippen LogP contribution in [0, 0.1) is 22.7 Å². The molecule has 13 heavy (non-hydrogen) atoms. The highest BCUT2D eigenvalue weighted by molar-refractivity contribution is 4.76. The Bertz CT molecular complexity index is 174. The summed E-state index contributed by atoms with van der Waals surface area (Å²) >= 11 is 0. The van der Waals surface area contributed by atoms with Gasteiger partial charge in [0.1, 0.15) is 0 Å². The van der Waals surface area contributed by atoms with Crippen LogP contribution in [0.3, 0.4) is 0 Å². The van der Waals surface area contributed by atoms with E-state index < -0.39 is 0 Å². The van der Waals surface area contributed by atoms with Crippen LogP contribution >= 0.6 is 0 Å². The zero-order valence-corrected chi connectivity index (χ0v) is 7.74. The lowest BCUT2D eigenvalue weighted by molar-refractivity contribution is 0.229. The summed E-state index contributed by atoms with van der Waals surface area (Å²) in [5, 5.41) is 25.4. The maximum absolute atomic E-state index is 8.61. The molecular formula is C9H15N3O. The normalized spacial score (nSPS) is 9.54. The first-order valence-electron chi connectivity index (χ1n) is 4.42. The fourth-order valence-electron chi connectivity index (χ4n) is 1.05. The molecule has 0 fully saturated rings. The minimum absolute atomic E-state index is 0.162. The van der Waals surface area contributed by atoms with Crippen LogP contribution in [-0.2, 0) is 0 Å². The average Bonchev–Trinajstić information content (AvgIpc) is 2.17. The van der Waals surface area contributed by atoms with Gasteiger partial charge in [-0.1, -0.05) is 0 Å². The van der Waals surface area contributed by atoms with E-state index in [-0.39, 0.29) is 6.61 Å². The van der Waals surface area contributed by atoms with E-state index in [0.29, 0.717) is 32.4 Å². The molecule has 0 saturated heterocycles. The summed E-state index contributed by atoms with van der Waals surface area (Å²) in [6, 6.07) is 4.13. The summed E-state index contributed by atoms with van der Waals surface area (Å²) in [7, 11) is 0. The van der Waals surface area contributed by atoms with Crippen LogP contribution in [0.5, 0.6) is 0 Å². The Morgan fingerprint density at radius 1 is 1.00 bits per heavy atom. The molecule has 4 heteroatoms. The minimum Gasteiger partial charge on any atom is -0.396 e. The molecule has 0 aliphatic carbocycles. The largest absolute Gasteiger partial charge is 0.396 e. The number of hydrogen-bond acceptors (Lipinski definition) is 4. The van der Waals surface area contributed by atoms with Gasteiger partial charge < -0.3 is 10.0 Å². The second kappa shape index (κ2) is 8.99. The molecule has 0 spiro atoms. The number of nitriles is 2. The van der Waals surface area contributed by atoms with Crippen molar-refractivity contribution in [1.29, 1.82) is 10.5 Å². The lowest BCUT2D eigenvalue weighted by Gasteiger charge is -2.18. The van der Waals surface area contributed by atoms with Gasteiger partial charge in [-0.2, -0.15) is 10.5 Å². The highest BCUT2D eigenvalue weighted by atomic mass is 16.3. The Labute approximate surface area is 79.0 Å². The first-order chi connectivity index (χ1) is 6.35. The molecule has 0 heterocycles. The first-order valence-corrected chi connectivity index (χ1v) is 4.42. The molecule has 0 aliphatic heterocycles. The monoisotopic (exact) mass is 181 g/mol. The van der Waals surface area contributed by atoms with Crippen LogP contribution < -0.4 is 0 Å². The molecule has 0 aromatic heterocycles. The van der Waals surface area contributed by atoms with Crippen LogP contribution in [-0.4, -0.2) is 36.2 Å². The average molecular weight is 181 g/mol. The summed E-state index contributed by atoms with van der Waals surface area (Å²) in [6.45, 7) is 2.31. The van der Waals surface area contributed by atoms with E-state index in [1.165, 1.54) is 0 Å². The molecule has 0 saturated carbocycles. The fourth-order valence-corrected chi connectivity index (χ4v) is 1.05. The van der Waals surface area contributed by atoms with Gasteiger partial charge in [0.15, 0.2) is 0 Å². The van der Waals surface area contributed by atoms with Gasteiger partial charge in [-0.05, 0) is 6.42 Å². The smallest absolute Gasteiger partial charge is 0.0635 e. The van der Waals surface area contributed by atoms with Gasteiger partial charge >= 0.3 is 0 Å². The quantitative estimate of drug-likeness (QED) is 0.620. The number of rotatable bonds is 7. The van der Waals surface area contributed by atoms with E-state index in [4.69, 9.17) is 15.6 Å². The number of aliphatic hydroxyl groups excluding tert-OH is 1. The van der Waals surface area contributed by atoms with Crippen molar-refractivity contribution in [2.45, 2.75) is 19.3 Å². The van der Waals surface area contributed by atoms with Crippen molar-refractivity contribution in [1.82, 2.24) is 4.90 Å². The van der Waals surface area contributed by atoms with E-state index in [9.17, 15) is 0 Å². The predicted molar refractivity (Wildman–Crippen MR) is 48.6 cm³/mol. The lowest BCUT2D eigenvalue weighted by atomic mass is 10.3. The zero-order valence-electron chi connectivity index (χ0n) is 7.74. The summed E-state index contributed by atoms with van der Waals surface area (Å²) in [4.78, 5) is 2.03. The molecule has 0 bridgehead atoms. The van der Waals surface area contributed by atoms with Crippen molar-refractivity contribution in [3.63, 3.8) is 0 Å². The van der Waals surface area contributed by atoms with E-state index in [1.807, 2.05) is 4.90 Å². The number of hydrogen-bond donors (Lipinski definition) is 1. The van der Waals surface area contributed by atoms with Crippen molar-refractivity contribution in [2.75, 3.05) is 26.2 Å². The molecule has 0 aliphatic rings. The van der Waals surface area contributed by atoms with Crippen LogP contribution in [0.1, 0.15) is 19.3 Å². The predicted octanol–water partition coefficient (Wildman–Crippen LogP) is 0.498. The van der Waals surface area contributed by atoms with Gasteiger partial charge in [-0.3, -0.25) is 0 Å². The van der Waals surface area contributed by atoms with Gasteiger partial charge in [0, 0.05) is 39.1 Å². The maximum Gasteiger partial charge on any atom is 0.0635 e. The Morgan fingerprint density at radius 2 is 1.54 bits per heavy atom. The standard InChI is InChI=1S/C9H15N3O/c10-4-1-6-12(7-2-5-11)8-3-9-13/h13H,1-3,6-9H2. The SMILES string of the molecule is N#CCCN(CCC#N)CCCO. The fraction of sp³-hybridized carbons (Fsp3) is 0.778. The van der Waals surface area contributed by atoms with E-state index >= 15 is 0 Å². The molecule has 72 valence electrons.